The number of carbonyl (C=O) groups is 3. The molecule has 2 atom stereocenters. The molecule has 28 heavy (non-hydrogen) atoms. The van der Waals surface area contributed by atoms with Gasteiger partial charge in [-0.15, -0.1) is 0 Å². The highest BCUT2D eigenvalue weighted by Crippen LogP contribution is 2.23. The topological polar surface area (TPSA) is 75.7 Å². The number of nitrogens with zero attached hydrogens (tertiary/aromatic N) is 1. The van der Waals surface area contributed by atoms with Gasteiger partial charge in [0.1, 0.15) is 6.04 Å². The minimum atomic E-state index is -0.824. The average Bonchev–Trinajstić information content (AvgIpc) is 2.61. The number of nitrogens with one attached hydrogen (secondary N) is 1. The van der Waals surface area contributed by atoms with Gasteiger partial charge < -0.3 is 15.0 Å². The summed E-state index contributed by atoms with van der Waals surface area (Å²) < 4.78 is 5.16. The highest BCUT2D eigenvalue weighted by atomic mass is 16.5. The van der Waals surface area contributed by atoms with Crippen LogP contribution >= 0.6 is 0 Å². The van der Waals surface area contributed by atoms with Crippen LogP contribution in [0.4, 0.5) is 0 Å². The van der Waals surface area contributed by atoms with Crippen molar-refractivity contribution in [2.24, 2.45) is 5.92 Å². The monoisotopic (exact) mass is 388 g/mol. The maximum atomic E-state index is 13.1. The van der Waals surface area contributed by atoms with Crippen molar-refractivity contribution in [2.45, 2.75) is 65.5 Å². The van der Waals surface area contributed by atoms with E-state index in [0.717, 1.165) is 12.0 Å². The molecule has 2 unspecified atom stereocenters. The van der Waals surface area contributed by atoms with Crippen LogP contribution in [0.5, 0.6) is 0 Å². The highest BCUT2D eigenvalue weighted by molar-refractivity contribution is 5.93. The fourth-order valence-corrected chi connectivity index (χ4v) is 3.46. The van der Waals surface area contributed by atoms with Gasteiger partial charge in [0.05, 0.1) is 18.4 Å². The molecule has 0 saturated carbocycles. The highest BCUT2D eigenvalue weighted by Gasteiger charge is 2.37. The summed E-state index contributed by atoms with van der Waals surface area (Å²) in [6, 6.07) is 7.24. The second kappa shape index (κ2) is 9.71. The van der Waals surface area contributed by atoms with Crippen molar-refractivity contribution < 1.29 is 19.1 Å². The standard InChI is InChI=1S/C22H32N2O4/c1-14(2)12-17-6-8-18(9-7-17)16(5)22(27)24-11-10-23-21(26)19(24)13-20(25)28-15(3)4/h6-9,14-16,19H,10-13H2,1-5H3,(H,23,26). The first-order valence-electron chi connectivity index (χ1n) is 10.1. The van der Waals surface area contributed by atoms with Crippen LogP contribution < -0.4 is 5.32 Å². The van der Waals surface area contributed by atoms with Crippen LogP contribution in [-0.4, -0.2) is 47.9 Å². The Bertz CT molecular complexity index is 697. The van der Waals surface area contributed by atoms with Gasteiger partial charge in [-0.1, -0.05) is 38.1 Å². The van der Waals surface area contributed by atoms with E-state index in [1.807, 2.05) is 19.1 Å². The molecule has 2 rings (SSSR count). The molecule has 2 amide bonds. The molecule has 0 spiro atoms. The summed E-state index contributed by atoms with van der Waals surface area (Å²) in [6.45, 7) is 10.5. The van der Waals surface area contributed by atoms with Crippen molar-refractivity contribution in [3.63, 3.8) is 0 Å². The molecule has 0 aromatic heterocycles. The number of piperazine rings is 1. The predicted molar refractivity (Wildman–Crippen MR) is 108 cm³/mol. The van der Waals surface area contributed by atoms with E-state index in [1.165, 1.54) is 10.5 Å². The Morgan fingerprint density at radius 3 is 2.36 bits per heavy atom. The first-order chi connectivity index (χ1) is 13.2. The average molecular weight is 389 g/mol. The van der Waals surface area contributed by atoms with Gasteiger partial charge in [-0.05, 0) is 44.2 Å². The third kappa shape index (κ3) is 5.81. The molecule has 6 nitrogen and oxygen atoms in total. The minimum Gasteiger partial charge on any atom is -0.463 e. The lowest BCUT2D eigenvalue weighted by Gasteiger charge is -2.36. The molecule has 1 aliphatic heterocycles. The molecule has 1 fully saturated rings. The summed E-state index contributed by atoms with van der Waals surface area (Å²) >= 11 is 0. The lowest BCUT2D eigenvalue weighted by atomic mass is 9.95. The van der Waals surface area contributed by atoms with E-state index >= 15 is 0 Å². The third-order valence-electron chi connectivity index (χ3n) is 4.84. The van der Waals surface area contributed by atoms with Crippen LogP contribution in [0.25, 0.3) is 0 Å². The van der Waals surface area contributed by atoms with Crippen LogP contribution in [0.3, 0.4) is 0 Å². The molecule has 1 aromatic rings. The first kappa shape index (κ1) is 21.9. The number of hydrogen-bond acceptors (Lipinski definition) is 4. The van der Waals surface area contributed by atoms with Gasteiger partial charge in [0.15, 0.2) is 0 Å². The molecular weight excluding hydrogens is 356 g/mol. The molecular formula is C22H32N2O4. The van der Waals surface area contributed by atoms with E-state index < -0.39 is 12.0 Å². The zero-order valence-electron chi connectivity index (χ0n) is 17.5. The van der Waals surface area contributed by atoms with Crippen molar-refractivity contribution in [1.29, 1.82) is 0 Å². The fraction of sp³-hybridized carbons (Fsp3) is 0.591. The number of ether oxygens (including phenoxy) is 1. The lowest BCUT2D eigenvalue weighted by Crippen LogP contribution is -2.58. The first-order valence-corrected chi connectivity index (χ1v) is 10.1. The number of carbonyl (C=O) groups excluding carboxylic acids is 3. The number of esters is 1. The molecule has 0 aliphatic carbocycles. The number of hydrogen-bond donors (Lipinski definition) is 1. The van der Waals surface area contributed by atoms with E-state index in [-0.39, 0.29) is 30.3 Å². The zero-order chi connectivity index (χ0) is 20.8. The summed E-state index contributed by atoms with van der Waals surface area (Å²) in [7, 11) is 0. The molecule has 6 heteroatoms. The quantitative estimate of drug-likeness (QED) is 0.729. The van der Waals surface area contributed by atoms with Crippen LogP contribution in [0.15, 0.2) is 24.3 Å². The van der Waals surface area contributed by atoms with E-state index in [2.05, 4.69) is 31.3 Å². The number of amides is 2. The van der Waals surface area contributed by atoms with E-state index in [4.69, 9.17) is 4.74 Å². The van der Waals surface area contributed by atoms with Crippen LogP contribution in [-0.2, 0) is 25.5 Å². The number of rotatable bonds is 7. The second-order valence-corrected chi connectivity index (χ2v) is 8.14. The Labute approximate surface area is 167 Å². The SMILES string of the molecule is CC(C)Cc1ccc(C(C)C(=O)N2CCNC(=O)C2CC(=O)OC(C)C)cc1. The molecule has 1 saturated heterocycles. The van der Waals surface area contributed by atoms with Crippen LogP contribution in [0.2, 0.25) is 0 Å². The van der Waals surface area contributed by atoms with Crippen molar-refractivity contribution in [2.75, 3.05) is 13.1 Å². The van der Waals surface area contributed by atoms with E-state index in [9.17, 15) is 14.4 Å². The molecule has 1 aromatic carbocycles. The van der Waals surface area contributed by atoms with Gasteiger partial charge in [0.25, 0.3) is 0 Å². The fourth-order valence-electron chi connectivity index (χ4n) is 3.46. The Morgan fingerprint density at radius 1 is 1.14 bits per heavy atom. The molecule has 0 radical (unpaired) electrons. The minimum absolute atomic E-state index is 0.129. The van der Waals surface area contributed by atoms with Gasteiger partial charge in [0, 0.05) is 13.1 Å². The third-order valence-corrected chi connectivity index (χ3v) is 4.84. The van der Waals surface area contributed by atoms with Gasteiger partial charge >= 0.3 is 5.97 Å². The smallest absolute Gasteiger partial charge is 0.308 e. The Balaban J connectivity index is 2.12. The van der Waals surface area contributed by atoms with Gasteiger partial charge in [-0.25, -0.2) is 0 Å². The summed E-state index contributed by atoms with van der Waals surface area (Å²) in [5, 5.41) is 2.74. The summed E-state index contributed by atoms with van der Waals surface area (Å²) in [5.41, 5.74) is 2.15. The predicted octanol–water partition coefficient (Wildman–Crippen LogP) is 2.66. The van der Waals surface area contributed by atoms with Crippen LogP contribution in [0, 0.1) is 5.92 Å². The van der Waals surface area contributed by atoms with Crippen molar-refractivity contribution in [3.8, 4) is 0 Å². The Kier molecular flexibility index (Phi) is 7.61. The zero-order valence-corrected chi connectivity index (χ0v) is 17.5. The molecule has 1 heterocycles. The maximum Gasteiger partial charge on any atom is 0.308 e. The molecule has 1 N–H and O–H groups in total. The largest absolute Gasteiger partial charge is 0.463 e. The van der Waals surface area contributed by atoms with Crippen molar-refractivity contribution in [3.05, 3.63) is 35.4 Å². The molecule has 1 aliphatic rings. The summed E-state index contributed by atoms with van der Waals surface area (Å²) in [4.78, 5) is 39.0. The normalized spacial score (nSPS) is 18.2. The molecule has 0 bridgehead atoms. The van der Waals surface area contributed by atoms with Crippen molar-refractivity contribution >= 4 is 17.8 Å². The van der Waals surface area contributed by atoms with Crippen LogP contribution in [0.1, 0.15) is 58.1 Å². The molecule has 154 valence electrons. The van der Waals surface area contributed by atoms with Gasteiger partial charge in [0.2, 0.25) is 11.8 Å². The number of benzene rings is 1. The lowest BCUT2D eigenvalue weighted by molar-refractivity contribution is -0.154. The van der Waals surface area contributed by atoms with Gasteiger partial charge in [-0.2, -0.15) is 0 Å². The summed E-state index contributed by atoms with van der Waals surface area (Å²) in [6.07, 6.45) is 0.608. The van der Waals surface area contributed by atoms with Gasteiger partial charge in [-0.3, -0.25) is 14.4 Å². The van der Waals surface area contributed by atoms with E-state index in [1.54, 1.807) is 13.8 Å². The Hall–Kier alpha value is -2.37. The van der Waals surface area contributed by atoms with E-state index in [0.29, 0.717) is 19.0 Å². The summed E-state index contributed by atoms with van der Waals surface area (Å²) in [5.74, 6) is -0.736. The Morgan fingerprint density at radius 2 is 1.79 bits per heavy atom. The maximum absolute atomic E-state index is 13.1. The van der Waals surface area contributed by atoms with Crippen molar-refractivity contribution in [1.82, 2.24) is 10.2 Å². The second-order valence-electron chi connectivity index (χ2n) is 8.14.